The van der Waals surface area contributed by atoms with Gasteiger partial charge in [0.05, 0.1) is 18.9 Å². The van der Waals surface area contributed by atoms with Crippen molar-refractivity contribution in [3.8, 4) is 0 Å². The van der Waals surface area contributed by atoms with Crippen LogP contribution in [0.15, 0.2) is 30.5 Å². The molecule has 0 fully saturated rings. The molecule has 0 bridgehead atoms. The summed E-state index contributed by atoms with van der Waals surface area (Å²) in [5.74, 6) is 0. The third-order valence-corrected chi connectivity index (χ3v) is 3.25. The van der Waals surface area contributed by atoms with Crippen molar-refractivity contribution < 1.29 is 14.3 Å². The smallest absolute Gasteiger partial charge is 0.322 e. The Bertz CT molecular complexity index is 574. The Kier molecular flexibility index (Phi) is 5.59. The SMILES string of the molecule is COCCN(CCOC)C(=O)Nc1c[nH]c2ccccc12. The van der Waals surface area contributed by atoms with Crippen LogP contribution in [-0.4, -0.2) is 56.4 Å². The van der Waals surface area contributed by atoms with Gasteiger partial charge in [-0.3, -0.25) is 0 Å². The molecular formula is C15H21N3O3. The van der Waals surface area contributed by atoms with Crippen molar-refractivity contribution in [1.82, 2.24) is 9.88 Å². The number of nitrogens with zero attached hydrogens (tertiary/aromatic N) is 1. The number of fused-ring (bicyclic) bond motifs is 1. The Morgan fingerprint density at radius 2 is 1.86 bits per heavy atom. The van der Waals surface area contributed by atoms with E-state index in [9.17, 15) is 4.79 Å². The number of rotatable bonds is 7. The Morgan fingerprint density at radius 1 is 1.19 bits per heavy atom. The van der Waals surface area contributed by atoms with E-state index in [0.717, 1.165) is 16.6 Å². The van der Waals surface area contributed by atoms with Crippen molar-refractivity contribution in [2.45, 2.75) is 0 Å². The Labute approximate surface area is 124 Å². The molecule has 0 spiro atoms. The second-order valence-corrected chi connectivity index (χ2v) is 4.65. The summed E-state index contributed by atoms with van der Waals surface area (Å²) in [6.45, 7) is 2.03. The number of H-pyrrole nitrogens is 1. The first-order valence-corrected chi connectivity index (χ1v) is 6.86. The molecule has 0 radical (unpaired) electrons. The number of urea groups is 1. The molecule has 0 aliphatic heterocycles. The normalized spacial score (nSPS) is 10.8. The van der Waals surface area contributed by atoms with Crippen molar-refractivity contribution >= 4 is 22.6 Å². The average molecular weight is 291 g/mol. The number of hydrogen-bond acceptors (Lipinski definition) is 3. The number of amides is 2. The van der Waals surface area contributed by atoms with Gasteiger partial charge in [-0.25, -0.2) is 4.79 Å². The van der Waals surface area contributed by atoms with Gasteiger partial charge in [-0.05, 0) is 6.07 Å². The highest BCUT2D eigenvalue weighted by molar-refractivity contribution is 6.00. The van der Waals surface area contributed by atoms with E-state index < -0.39 is 0 Å². The van der Waals surface area contributed by atoms with Crippen LogP contribution in [0.1, 0.15) is 0 Å². The minimum Gasteiger partial charge on any atom is -0.383 e. The van der Waals surface area contributed by atoms with E-state index in [-0.39, 0.29) is 6.03 Å². The topological polar surface area (TPSA) is 66.6 Å². The first kappa shape index (κ1) is 15.3. The minimum absolute atomic E-state index is 0.158. The van der Waals surface area contributed by atoms with Gasteiger partial charge in [0.25, 0.3) is 0 Å². The number of aromatic amines is 1. The van der Waals surface area contributed by atoms with Crippen molar-refractivity contribution in [1.29, 1.82) is 0 Å². The van der Waals surface area contributed by atoms with Crippen molar-refractivity contribution in [3.05, 3.63) is 30.5 Å². The number of aromatic nitrogens is 1. The first-order valence-electron chi connectivity index (χ1n) is 6.86. The predicted molar refractivity (Wildman–Crippen MR) is 82.6 cm³/mol. The molecule has 2 N–H and O–H groups in total. The van der Waals surface area contributed by atoms with Gasteiger partial charge in [-0.15, -0.1) is 0 Å². The molecule has 0 aliphatic rings. The zero-order chi connectivity index (χ0) is 15.1. The predicted octanol–water partition coefficient (Wildman–Crippen LogP) is 2.29. The molecule has 2 rings (SSSR count). The molecule has 0 saturated carbocycles. The molecule has 0 aliphatic carbocycles. The number of nitrogens with one attached hydrogen (secondary N) is 2. The number of benzene rings is 1. The summed E-state index contributed by atoms with van der Waals surface area (Å²) < 4.78 is 10.1. The average Bonchev–Trinajstić information content (AvgIpc) is 2.91. The van der Waals surface area contributed by atoms with Crippen LogP contribution >= 0.6 is 0 Å². The van der Waals surface area contributed by atoms with Crippen LogP contribution < -0.4 is 5.32 Å². The molecule has 6 nitrogen and oxygen atoms in total. The molecule has 0 saturated heterocycles. The summed E-state index contributed by atoms with van der Waals surface area (Å²) in [7, 11) is 3.23. The second kappa shape index (κ2) is 7.66. The maximum Gasteiger partial charge on any atom is 0.322 e. The number of carbonyl (C=O) groups is 1. The third kappa shape index (κ3) is 3.96. The van der Waals surface area contributed by atoms with Crippen LogP contribution in [0.25, 0.3) is 10.9 Å². The second-order valence-electron chi connectivity index (χ2n) is 4.65. The molecule has 2 amide bonds. The fourth-order valence-corrected chi connectivity index (χ4v) is 2.09. The summed E-state index contributed by atoms with van der Waals surface area (Å²) in [5, 5.41) is 3.92. The van der Waals surface area contributed by atoms with E-state index in [4.69, 9.17) is 9.47 Å². The largest absolute Gasteiger partial charge is 0.383 e. The van der Waals surface area contributed by atoms with Gasteiger partial charge in [0.1, 0.15) is 0 Å². The lowest BCUT2D eigenvalue weighted by Gasteiger charge is -2.22. The zero-order valence-corrected chi connectivity index (χ0v) is 12.4. The van der Waals surface area contributed by atoms with Gasteiger partial charge in [-0.2, -0.15) is 0 Å². The van der Waals surface area contributed by atoms with E-state index in [1.165, 1.54) is 0 Å². The van der Waals surface area contributed by atoms with E-state index in [1.54, 1.807) is 25.3 Å². The molecule has 2 aromatic rings. The maximum atomic E-state index is 12.4. The van der Waals surface area contributed by atoms with Crippen LogP contribution in [0.4, 0.5) is 10.5 Å². The monoisotopic (exact) mass is 291 g/mol. The quantitative estimate of drug-likeness (QED) is 0.822. The van der Waals surface area contributed by atoms with Crippen molar-refractivity contribution in [2.75, 3.05) is 45.8 Å². The van der Waals surface area contributed by atoms with Crippen molar-refractivity contribution in [2.24, 2.45) is 0 Å². The standard InChI is InChI=1S/C15H21N3O3/c1-20-9-7-18(8-10-21-2)15(19)17-14-11-16-13-6-4-3-5-12(13)14/h3-6,11,16H,7-10H2,1-2H3,(H,17,19). The van der Waals surface area contributed by atoms with Crippen LogP contribution in [0, 0.1) is 0 Å². The van der Waals surface area contributed by atoms with Crippen molar-refractivity contribution in [3.63, 3.8) is 0 Å². The summed E-state index contributed by atoms with van der Waals surface area (Å²) in [6.07, 6.45) is 1.80. The molecular weight excluding hydrogens is 270 g/mol. The van der Waals surface area contributed by atoms with Crippen LogP contribution in [0.5, 0.6) is 0 Å². The lowest BCUT2D eigenvalue weighted by atomic mass is 10.2. The lowest BCUT2D eigenvalue weighted by Crippen LogP contribution is -2.39. The molecule has 21 heavy (non-hydrogen) atoms. The fraction of sp³-hybridized carbons (Fsp3) is 0.400. The summed E-state index contributed by atoms with van der Waals surface area (Å²) in [6, 6.07) is 7.68. The Morgan fingerprint density at radius 3 is 2.52 bits per heavy atom. The van der Waals surface area contributed by atoms with Crippen LogP contribution in [0.2, 0.25) is 0 Å². The van der Waals surface area contributed by atoms with Gasteiger partial charge < -0.3 is 24.7 Å². The highest BCUT2D eigenvalue weighted by Crippen LogP contribution is 2.22. The molecule has 0 unspecified atom stereocenters. The van der Waals surface area contributed by atoms with Gasteiger partial charge in [0.2, 0.25) is 0 Å². The van der Waals surface area contributed by atoms with Crippen LogP contribution in [0.3, 0.4) is 0 Å². The number of methoxy groups -OCH3 is 2. The summed E-state index contributed by atoms with van der Waals surface area (Å²) >= 11 is 0. The van der Waals surface area contributed by atoms with Gasteiger partial charge in [0.15, 0.2) is 0 Å². The zero-order valence-electron chi connectivity index (χ0n) is 12.4. The molecule has 1 aromatic carbocycles. The summed E-state index contributed by atoms with van der Waals surface area (Å²) in [5.41, 5.74) is 1.77. The highest BCUT2D eigenvalue weighted by Gasteiger charge is 2.14. The molecule has 1 aromatic heterocycles. The highest BCUT2D eigenvalue weighted by atomic mass is 16.5. The Hall–Kier alpha value is -2.05. The van der Waals surface area contributed by atoms with E-state index in [2.05, 4.69) is 10.3 Å². The van der Waals surface area contributed by atoms with E-state index in [1.807, 2.05) is 24.3 Å². The summed E-state index contributed by atoms with van der Waals surface area (Å²) in [4.78, 5) is 17.2. The number of para-hydroxylation sites is 1. The molecule has 114 valence electrons. The molecule has 6 heteroatoms. The lowest BCUT2D eigenvalue weighted by molar-refractivity contribution is 0.127. The maximum absolute atomic E-state index is 12.4. The number of ether oxygens (including phenoxy) is 2. The van der Waals surface area contributed by atoms with Crippen LogP contribution in [-0.2, 0) is 9.47 Å². The molecule has 0 atom stereocenters. The number of hydrogen-bond donors (Lipinski definition) is 2. The Balaban J connectivity index is 2.06. The minimum atomic E-state index is -0.158. The first-order chi connectivity index (χ1) is 10.3. The molecule has 1 heterocycles. The van der Waals surface area contributed by atoms with Gasteiger partial charge in [0, 0.05) is 44.4 Å². The van der Waals surface area contributed by atoms with Gasteiger partial charge in [-0.1, -0.05) is 18.2 Å². The van der Waals surface area contributed by atoms with E-state index >= 15 is 0 Å². The number of anilines is 1. The fourth-order valence-electron chi connectivity index (χ4n) is 2.09. The number of carbonyl (C=O) groups excluding carboxylic acids is 1. The van der Waals surface area contributed by atoms with E-state index in [0.29, 0.717) is 26.3 Å². The third-order valence-electron chi connectivity index (χ3n) is 3.25. The van der Waals surface area contributed by atoms with Gasteiger partial charge >= 0.3 is 6.03 Å².